The number of rotatable bonds is 12. The highest BCUT2D eigenvalue weighted by molar-refractivity contribution is 6.06. The Hall–Kier alpha value is -5.07. The molecule has 0 unspecified atom stereocenters. The lowest BCUT2D eigenvalue weighted by Crippen LogP contribution is -2.50. The summed E-state index contributed by atoms with van der Waals surface area (Å²) in [5.74, 6) is 0.697. The van der Waals surface area contributed by atoms with Gasteiger partial charge in [-0.05, 0) is 63.4 Å². The lowest BCUT2D eigenvalue weighted by atomic mass is 10.0. The molecule has 3 N–H and O–H groups in total. The second-order valence-electron chi connectivity index (χ2n) is 11.0. The quantitative estimate of drug-likeness (QED) is 0.189. The number of pyridine rings is 1. The lowest BCUT2D eigenvalue weighted by molar-refractivity contribution is 0.0695. The number of carbonyl (C=O) groups excluding carboxylic acids is 1. The van der Waals surface area contributed by atoms with E-state index in [4.69, 9.17) is 19.2 Å². The van der Waals surface area contributed by atoms with Crippen LogP contribution < -0.4 is 24.4 Å². The van der Waals surface area contributed by atoms with E-state index in [-0.39, 0.29) is 17.7 Å². The van der Waals surface area contributed by atoms with Crippen LogP contribution in [0, 0.1) is 0 Å². The molecular weight excluding hydrogens is 578 g/mol. The number of aromatic nitrogens is 4. The van der Waals surface area contributed by atoms with Gasteiger partial charge in [-0.2, -0.15) is 15.4 Å². The van der Waals surface area contributed by atoms with Crippen molar-refractivity contribution >= 4 is 34.3 Å². The molecule has 2 aromatic carbocycles. The van der Waals surface area contributed by atoms with Gasteiger partial charge in [0, 0.05) is 43.3 Å². The number of ether oxygens (including phenoxy) is 3. The molecule has 0 atom stereocenters. The molecule has 1 saturated heterocycles. The van der Waals surface area contributed by atoms with Crippen molar-refractivity contribution in [2.24, 2.45) is 0 Å². The van der Waals surface area contributed by atoms with Crippen LogP contribution in [0.15, 0.2) is 42.6 Å². The van der Waals surface area contributed by atoms with Gasteiger partial charge in [0.1, 0.15) is 11.3 Å². The second kappa shape index (κ2) is 14.1. The molecule has 0 bridgehead atoms. The van der Waals surface area contributed by atoms with Crippen molar-refractivity contribution in [3.63, 3.8) is 0 Å². The van der Waals surface area contributed by atoms with Gasteiger partial charge in [0.15, 0.2) is 11.5 Å². The van der Waals surface area contributed by atoms with Crippen molar-refractivity contribution in [3.8, 4) is 17.2 Å². The monoisotopic (exact) mass is 617 g/mol. The predicted molar refractivity (Wildman–Crippen MR) is 170 cm³/mol. The summed E-state index contributed by atoms with van der Waals surface area (Å²) in [6, 6.07) is 10.6. The number of hydrogen-bond acceptors (Lipinski definition) is 9. The summed E-state index contributed by atoms with van der Waals surface area (Å²) in [6.45, 7) is 7.94. The number of piperazine rings is 1. The first-order valence-corrected chi connectivity index (χ1v) is 15.1. The fraction of sp³-hybridized carbons (Fsp3) is 0.406. The number of aromatic carboxylic acids is 1. The maximum Gasteiger partial charge on any atom is 0.339 e. The highest BCUT2D eigenvalue weighted by Crippen LogP contribution is 2.39. The molecular formula is C32H39N7O6. The van der Waals surface area contributed by atoms with Crippen molar-refractivity contribution in [1.82, 2.24) is 25.3 Å². The fourth-order valence-corrected chi connectivity index (χ4v) is 5.39. The van der Waals surface area contributed by atoms with E-state index in [1.807, 2.05) is 49.9 Å². The maximum atomic E-state index is 13.1. The number of carboxylic acids is 1. The number of hydrogen-bond donors (Lipinski definition) is 3. The summed E-state index contributed by atoms with van der Waals surface area (Å²) in [7, 11) is 1.55. The Labute approximate surface area is 261 Å². The summed E-state index contributed by atoms with van der Waals surface area (Å²) >= 11 is 0. The topological polar surface area (TPSA) is 155 Å². The summed E-state index contributed by atoms with van der Waals surface area (Å²) in [4.78, 5) is 34.2. The number of carbonyl (C=O) groups is 2. The maximum absolute atomic E-state index is 13.1. The number of carboxylic acid groups (broad SMARTS) is 1. The van der Waals surface area contributed by atoms with Crippen LogP contribution in [0.25, 0.3) is 10.9 Å². The summed E-state index contributed by atoms with van der Waals surface area (Å²) in [6.07, 6.45) is 3.62. The molecule has 1 aliphatic rings. The van der Waals surface area contributed by atoms with Gasteiger partial charge in [-0.1, -0.05) is 6.92 Å². The molecule has 3 heterocycles. The van der Waals surface area contributed by atoms with Crippen LogP contribution in [-0.4, -0.2) is 88.4 Å². The van der Waals surface area contributed by atoms with Gasteiger partial charge in [-0.15, -0.1) is 0 Å². The molecule has 0 aliphatic carbocycles. The Morgan fingerprint density at radius 1 is 1.09 bits per heavy atom. The third kappa shape index (κ3) is 7.36. The van der Waals surface area contributed by atoms with E-state index in [2.05, 4.69) is 20.7 Å². The van der Waals surface area contributed by atoms with E-state index >= 15 is 0 Å². The minimum atomic E-state index is -1.05. The number of nitrogens with one attached hydrogen (secondary N) is 2. The van der Waals surface area contributed by atoms with Crippen LogP contribution in [0.2, 0.25) is 0 Å². The van der Waals surface area contributed by atoms with Crippen molar-refractivity contribution in [2.75, 3.05) is 50.1 Å². The number of methoxy groups -OCH3 is 1. The van der Waals surface area contributed by atoms with Crippen molar-refractivity contribution in [2.45, 2.75) is 46.1 Å². The van der Waals surface area contributed by atoms with E-state index in [9.17, 15) is 14.7 Å². The van der Waals surface area contributed by atoms with Gasteiger partial charge in [0.2, 0.25) is 0 Å². The molecule has 1 aliphatic heterocycles. The van der Waals surface area contributed by atoms with Crippen molar-refractivity contribution < 1.29 is 28.9 Å². The first-order valence-electron chi connectivity index (χ1n) is 15.1. The number of nitrogens with zero attached hydrogens (tertiary/aromatic N) is 5. The molecule has 4 aromatic rings. The molecule has 2 aromatic heterocycles. The highest BCUT2D eigenvalue weighted by atomic mass is 16.5. The van der Waals surface area contributed by atoms with Gasteiger partial charge in [-0.25, -0.2) is 9.59 Å². The Morgan fingerprint density at radius 2 is 1.84 bits per heavy atom. The van der Waals surface area contributed by atoms with Gasteiger partial charge in [0.05, 0.1) is 48.6 Å². The highest BCUT2D eigenvalue weighted by Gasteiger charge is 2.29. The van der Waals surface area contributed by atoms with Crippen LogP contribution in [-0.2, 0) is 12.8 Å². The third-order valence-corrected chi connectivity index (χ3v) is 7.53. The molecule has 238 valence electrons. The van der Waals surface area contributed by atoms with Crippen LogP contribution in [0.1, 0.15) is 48.9 Å². The Kier molecular flexibility index (Phi) is 9.86. The Morgan fingerprint density at radius 3 is 2.47 bits per heavy atom. The second-order valence-corrected chi connectivity index (χ2v) is 11.0. The number of H-pyrrole nitrogens is 1. The SMILES string of the molecule is CCc1nc2cc(OCCCc3cn[nH]n3)c(OC)cc2c(N2CCN(C(=O)Nc3ccc(OC(C)C)cc3)CC2)c1C(=O)O. The zero-order chi connectivity index (χ0) is 31.9. The van der Waals surface area contributed by atoms with Gasteiger partial charge in [0.25, 0.3) is 0 Å². The van der Waals surface area contributed by atoms with Crippen LogP contribution >= 0.6 is 0 Å². The van der Waals surface area contributed by atoms with E-state index in [0.29, 0.717) is 85.1 Å². The molecule has 0 saturated carbocycles. The first kappa shape index (κ1) is 31.4. The van der Waals surface area contributed by atoms with E-state index < -0.39 is 5.97 Å². The van der Waals surface area contributed by atoms with Gasteiger partial charge >= 0.3 is 12.0 Å². The lowest BCUT2D eigenvalue weighted by Gasteiger charge is -2.37. The largest absolute Gasteiger partial charge is 0.493 e. The minimum Gasteiger partial charge on any atom is -0.493 e. The molecule has 2 amide bonds. The van der Waals surface area contributed by atoms with Gasteiger partial charge in [-0.3, -0.25) is 4.98 Å². The average molecular weight is 618 g/mol. The minimum absolute atomic E-state index is 0.0623. The molecule has 0 spiro atoms. The molecule has 45 heavy (non-hydrogen) atoms. The first-order chi connectivity index (χ1) is 21.8. The predicted octanol–water partition coefficient (Wildman–Crippen LogP) is 4.78. The van der Waals surface area contributed by atoms with E-state index in [1.54, 1.807) is 30.3 Å². The smallest absolute Gasteiger partial charge is 0.339 e. The number of aryl methyl sites for hydroxylation is 2. The number of fused-ring (bicyclic) bond motifs is 1. The number of amides is 2. The normalized spacial score (nSPS) is 13.3. The average Bonchev–Trinajstić information content (AvgIpc) is 3.56. The van der Waals surface area contributed by atoms with Crippen molar-refractivity contribution in [3.05, 3.63) is 59.5 Å². The third-order valence-electron chi connectivity index (χ3n) is 7.53. The zero-order valence-electron chi connectivity index (χ0n) is 26.0. The fourth-order valence-electron chi connectivity index (χ4n) is 5.39. The molecule has 1 fully saturated rings. The number of urea groups is 1. The number of benzene rings is 2. The van der Waals surface area contributed by atoms with Crippen molar-refractivity contribution in [1.29, 1.82) is 0 Å². The number of aromatic amines is 1. The van der Waals surface area contributed by atoms with Crippen LogP contribution in [0.3, 0.4) is 0 Å². The van der Waals surface area contributed by atoms with E-state index in [1.165, 1.54) is 0 Å². The molecule has 13 nitrogen and oxygen atoms in total. The number of anilines is 2. The summed E-state index contributed by atoms with van der Waals surface area (Å²) < 4.78 is 17.4. The Bertz CT molecular complexity index is 1620. The van der Waals surface area contributed by atoms with Crippen LogP contribution in [0.5, 0.6) is 17.2 Å². The standard InChI is InChI=1S/C32H39N7O6/c1-5-25-29(31(40)41)30(24-17-27(43-4)28(18-26(24)35-25)44-16-6-7-22-19-33-37-36-22)38-12-14-39(15-13-38)32(42)34-21-8-10-23(11-9-21)45-20(2)3/h8-11,17-20H,5-7,12-16H2,1-4H3,(H,34,42)(H,40,41)(H,33,36,37). The van der Waals surface area contributed by atoms with Crippen LogP contribution in [0.4, 0.5) is 16.2 Å². The summed E-state index contributed by atoms with van der Waals surface area (Å²) in [5, 5.41) is 24.4. The van der Waals surface area contributed by atoms with Gasteiger partial charge < -0.3 is 34.4 Å². The molecule has 5 rings (SSSR count). The molecule has 13 heteroatoms. The Balaban J connectivity index is 1.34. The molecule has 0 radical (unpaired) electrons. The zero-order valence-corrected chi connectivity index (χ0v) is 26.0. The summed E-state index contributed by atoms with van der Waals surface area (Å²) in [5.41, 5.74) is 3.35. The van der Waals surface area contributed by atoms with E-state index in [0.717, 1.165) is 17.9 Å².